The molecular formula is C15H19ClNO4-. The molecule has 0 spiro atoms. The lowest BCUT2D eigenvalue weighted by Crippen LogP contribution is -2.43. The highest BCUT2D eigenvalue weighted by atomic mass is 35.5. The third kappa shape index (κ3) is 7.56. The summed E-state index contributed by atoms with van der Waals surface area (Å²) in [6.07, 6.45) is -0.629. The van der Waals surface area contributed by atoms with Crippen molar-refractivity contribution >= 4 is 23.7 Å². The van der Waals surface area contributed by atoms with Crippen LogP contribution in [0.1, 0.15) is 32.8 Å². The minimum Gasteiger partial charge on any atom is -0.550 e. The lowest BCUT2D eigenvalue weighted by atomic mass is 10.0. The van der Waals surface area contributed by atoms with Crippen LogP contribution in [0.4, 0.5) is 4.79 Å². The minimum absolute atomic E-state index is 0.300. The lowest BCUT2D eigenvalue weighted by Gasteiger charge is -2.24. The Bertz CT molecular complexity index is 511. The van der Waals surface area contributed by atoms with Gasteiger partial charge in [0.2, 0.25) is 0 Å². The average Bonchev–Trinajstić information content (AvgIpc) is 2.24. The predicted molar refractivity (Wildman–Crippen MR) is 77.9 cm³/mol. The van der Waals surface area contributed by atoms with Crippen molar-refractivity contribution in [1.29, 1.82) is 0 Å². The van der Waals surface area contributed by atoms with Crippen molar-refractivity contribution in [2.45, 2.75) is 45.3 Å². The smallest absolute Gasteiger partial charge is 0.407 e. The standard InChI is InChI=1S/C15H20ClNO4/c1-15(2,3)21-14(20)17-12(9-13(18)19)8-10-5-4-6-11(16)7-10/h4-7,12H,8-9H2,1-3H3,(H,17,20)(H,18,19)/p-1/t12-/m0/s1. The second-order valence-electron chi connectivity index (χ2n) is 5.75. The molecule has 0 unspecified atom stereocenters. The Labute approximate surface area is 129 Å². The van der Waals surface area contributed by atoms with E-state index in [1.165, 1.54) is 0 Å². The monoisotopic (exact) mass is 312 g/mol. The fourth-order valence-electron chi connectivity index (χ4n) is 1.80. The van der Waals surface area contributed by atoms with Crippen LogP contribution in [0.15, 0.2) is 24.3 Å². The molecule has 1 amide bonds. The molecule has 1 atom stereocenters. The molecule has 5 nitrogen and oxygen atoms in total. The molecule has 0 saturated heterocycles. The van der Waals surface area contributed by atoms with Crippen molar-refractivity contribution in [3.8, 4) is 0 Å². The number of halogens is 1. The fourth-order valence-corrected chi connectivity index (χ4v) is 2.01. The van der Waals surface area contributed by atoms with Crippen LogP contribution in [0.25, 0.3) is 0 Å². The highest BCUT2D eigenvalue weighted by molar-refractivity contribution is 6.30. The van der Waals surface area contributed by atoms with Gasteiger partial charge < -0.3 is 20.0 Å². The topological polar surface area (TPSA) is 78.5 Å². The van der Waals surface area contributed by atoms with Gasteiger partial charge >= 0.3 is 6.09 Å². The molecule has 1 rings (SSSR count). The number of aliphatic carboxylic acids is 1. The quantitative estimate of drug-likeness (QED) is 0.901. The van der Waals surface area contributed by atoms with Crippen LogP contribution in [0, 0.1) is 0 Å². The van der Waals surface area contributed by atoms with E-state index in [4.69, 9.17) is 16.3 Å². The first-order chi connectivity index (χ1) is 9.65. The van der Waals surface area contributed by atoms with Gasteiger partial charge in [-0.05, 0) is 44.9 Å². The van der Waals surface area contributed by atoms with Crippen LogP contribution in [0.2, 0.25) is 5.02 Å². The zero-order valence-corrected chi connectivity index (χ0v) is 13.1. The highest BCUT2D eigenvalue weighted by Crippen LogP contribution is 2.14. The molecule has 0 aliphatic rings. The third-order valence-electron chi connectivity index (χ3n) is 2.51. The number of carboxylic acids is 1. The first-order valence-electron chi connectivity index (χ1n) is 6.59. The maximum atomic E-state index is 11.7. The minimum atomic E-state index is -1.24. The number of rotatable bonds is 5. The van der Waals surface area contributed by atoms with E-state index in [2.05, 4.69) is 5.32 Å². The van der Waals surface area contributed by atoms with Gasteiger partial charge in [0.25, 0.3) is 0 Å². The molecule has 1 aromatic rings. The summed E-state index contributed by atoms with van der Waals surface area (Å²) in [7, 11) is 0. The number of carboxylic acid groups (broad SMARTS) is 1. The molecule has 0 fully saturated rings. The number of carbonyl (C=O) groups is 2. The Balaban J connectivity index is 2.72. The van der Waals surface area contributed by atoms with Crippen molar-refractivity contribution in [1.82, 2.24) is 5.32 Å². The Hall–Kier alpha value is -1.75. The van der Waals surface area contributed by atoms with E-state index >= 15 is 0 Å². The van der Waals surface area contributed by atoms with Gasteiger partial charge in [0.15, 0.2) is 0 Å². The largest absolute Gasteiger partial charge is 0.550 e. The zero-order valence-electron chi connectivity index (χ0n) is 12.3. The molecule has 0 aliphatic carbocycles. The van der Waals surface area contributed by atoms with Crippen LogP contribution in [0.5, 0.6) is 0 Å². The second kappa shape index (κ2) is 7.31. The number of nitrogens with one attached hydrogen (secondary N) is 1. The Morgan fingerprint density at radius 1 is 1.38 bits per heavy atom. The van der Waals surface area contributed by atoms with E-state index < -0.39 is 23.7 Å². The van der Waals surface area contributed by atoms with E-state index in [0.717, 1.165) is 5.56 Å². The van der Waals surface area contributed by atoms with Crippen LogP contribution in [-0.4, -0.2) is 23.7 Å². The molecule has 0 aromatic heterocycles. The van der Waals surface area contributed by atoms with E-state index in [9.17, 15) is 14.7 Å². The van der Waals surface area contributed by atoms with Crippen molar-refractivity contribution < 1.29 is 19.4 Å². The maximum Gasteiger partial charge on any atom is 0.407 e. The SMILES string of the molecule is CC(C)(C)OC(=O)N[C@H](CC(=O)[O-])Cc1cccc(Cl)c1. The van der Waals surface area contributed by atoms with Gasteiger partial charge in [-0.3, -0.25) is 0 Å². The number of amides is 1. The number of benzene rings is 1. The van der Waals surface area contributed by atoms with Gasteiger partial charge in [-0.25, -0.2) is 4.79 Å². The zero-order chi connectivity index (χ0) is 16.0. The average molecular weight is 313 g/mol. The summed E-state index contributed by atoms with van der Waals surface area (Å²) in [5.41, 5.74) is 0.177. The van der Waals surface area contributed by atoms with Gasteiger partial charge in [-0.15, -0.1) is 0 Å². The summed E-state index contributed by atoms with van der Waals surface area (Å²) in [6.45, 7) is 5.20. The van der Waals surface area contributed by atoms with Gasteiger partial charge in [0, 0.05) is 23.5 Å². The maximum absolute atomic E-state index is 11.7. The summed E-state index contributed by atoms with van der Waals surface area (Å²) < 4.78 is 5.12. The van der Waals surface area contributed by atoms with Gasteiger partial charge in [-0.1, -0.05) is 23.7 Å². The van der Waals surface area contributed by atoms with Crippen LogP contribution in [0.3, 0.4) is 0 Å². The van der Waals surface area contributed by atoms with E-state index in [1.54, 1.807) is 39.0 Å². The molecule has 1 N–H and O–H groups in total. The fraction of sp³-hybridized carbons (Fsp3) is 0.467. The van der Waals surface area contributed by atoms with Crippen molar-refractivity contribution in [3.05, 3.63) is 34.9 Å². The molecule has 0 radical (unpaired) electrons. The Kier molecular flexibility index (Phi) is 6.03. The number of alkyl carbamates (subject to hydrolysis) is 1. The van der Waals surface area contributed by atoms with Crippen molar-refractivity contribution in [2.24, 2.45) is 0 Å². The summed E-state index contributed by atoms with van der Waals surface area (Å²) in [5.74, 6) is -1.24. The molecule has 0 aliphatic heterocycles. The Morgan fingerprint density at radius 3 is 2.57 bits per heavy atom. The molecule has 116 valence electrons. The molecule has 1 aromatic carbocycles. The van der Waals surface area contributed by atoms with E-state index in [1.807, 2.05) is 6.07 Å². The number of carbonyl (C=O) groups excluding carboxylic acids is 2. The van der Waals surface area contributed by atoms with Crippen LogP contribution in [-0.2, 0) is 16.0 Å². The number of hydrogen-bond donors (Lipinski definition) is 1. The number of ether oxygens (including phenoxy) is 1. The molecule has 6 heteroatoms. The van der Waals surface area contributed by atoms with Gasteiger partial charge in [0.1, 0.15) is 5.60 Å². The van der Waals surface area contributed by atoms with Crippen LogP contribution >= 0.6 is 11.6 Å². The molecule has 0 bridgehead atoms. The van der Waals surface area contributed by atoms with E-state index in [0.29, 0.717) is 11.4 Å². The summed E-state index contributed by atoms with van der Waals surface area (Å²) in [5, 5.41) is 13.9. The molecular weight excluding hydrogens is 294 g/mol. The lowest BCUT2D eigenvalue weighted by molar-refractivity contribution is -0.306. The summed E-state index contributed by atoms with van der Waals surface area (Å²) in [6, 6.07) is 6.40. The van der Waals surface area contributed by atoms with Crippen molar-refractivity contribution in [2.75, 3.05) is 0 Å². The van der Waals surface area contributed by atoms with Crippen molar-refractivity contribution in [3.63, 3.8) is 0 Å². The highest BCUT2D eigenvalue weighted by Gasteiger charge is 2.20. The summed E-state index contributed by atoms with van der Waals surface area (Å²) >= 11 is 5.89. The molecule has 0 heterocycles. The van der Waals surface area contributed by atoms with Crippen LogP contribution < -0.4 is 10.4 Å². The normalized spacial score (nSPS) is 12.6. The molecule has 21 heavy (non-hydrogen) atoms. The second-order valence-corrected chi connectivity index (χ2v) is 6.19. The van der Waals surface area contributed by atoms with Gasteiger partial charge in [-0.2, -0.15) is 0 Å². The number of hydrogen-bond acceptors (Lipinski definition) is 4. The first-order valence-corrected chi connectivity index (χ1v) is 6.97. The van der Waals surface area contributed by atoms with E-state index in [-0.39, 0.29) is 6.42 Å². The molecule has 0 saturated carbocycles. The Morgan fingerprint density at radius 2 is 2.05 bits per heavy atom. The summed E-state index contributed by atoms with van der Waals surface area (Å²) in [4.78, 5) is 22.5. The van der Waals surface area contributed by atoms with Gasteiger partial charge in [0.05, 0.1) is 0 Å². The first kappa shape index (κ1) is 17.3. The third-order valence-corrected chi connectivity index (χ3v) is 2.74. The predicted octanol–water partition coefficient (Wildman–Crippen LogP) is 1.92.